The Labute approximate surface area is 447 Å². The highest BCUT2D eigenvalue weighted by Crippen LogP contribution is 2.33. The molecule has 0 radical (unpaired) electrons. The molecule has 0 aromatic heterocycles. The molecule has 3 aliphatic rings. The van der Waals surface area contributed by atoms with Crippen molar-refractivity contribution in [2.24, 2.45) is 0 Å². The number of hydrogen-bond acceptors (Lipinski definition) is 18. The van der Waals surface area contributed by atoms with Crippen LogP contribution in [0.15, 0.2) is 36.5 Å². The summed E-state index contributed by atoms with van der Waals surface area (Å²) in [5, 5.41) is 120. The molecule has 12 N–H and O–H groups in total. The largest absolute Gasteiger partial charge is 0.394 e. The van der Waals surface area contributed by atoms with E-state index in [4.69, 9.17) is 28.4 Å². The van der Waals surface area contributed by atoms with E-state index in [9.17, 15) is 61.0 Å². The summed E-state index contributed by atoms with van der Waals surface area (Å²) in [6.45, 7) is 1.64. The van der Waals surface area contributed by atoms with E-state index in [1.54, 1.807) is 0 Å². The lowest BCUT2D eigenvalue weighted by Crippen LogP contribution is -2.66. The van der Waals surface area contributed by atoms with Gasteiger partial charge in [0.2, 0.25) is 5.91 Å². The van der Waals surface area contributed by atoms with Gasteiger partial charge in [-0.05, 0) is 44.9 Å². The van der Waals surface area contributed by atoms with Gasteiger partial charge in [-0.3, -0.25) is 4.79 Å². The molecule has 3 aliphatic heterocycles. The van der Waals surface area contributed by atoms with E-state index in [0.29, 0.717) is 12.8 Å². The summed E-state index contributed by atoms with van der Waals surface area (Å²) < 4.78 is 34.2. The number of allylic oxidation sites excluding steroid dienone is 6. The molecule has 0 aromatic carbocycles. The van der Waals surface area contributed by atoms with Crippen molar-refractivity contribution < 1.29 is 89.4 Å². The van der Waals surface area contributed by atoms with Crippen LogP contribution in [0.5, 0.6) is 0 Å². The maximum absolute atomic E-state index is 13.3. The number of hydrogen-bond donors (Lipinski definition) is 12. The van der Waals surface area contributed by atoms with Gasteiger partial charge in [0, 0.05) is 6.42 Å². The molecule has 0 saturated carbocycles. The van der Waals surface area contributed by atoms with Gasteiger partial charge in [0.15, 0.2) is 18.9 Å². The Balaban J connectivity index is 1.52. The van der Waals surface area contributed by atoms with Crippen molar-refractivity contribution >= 4 is 5.91 Å². The topological polar surface area (TPSA) is 307 Å². The lowest BCUT2D eigenvalue weighted by Gasteiger charge is -2.48. The average Bonchev–Trinajstić information content (AvgIpc) is 3.41. The Kier molecular flexibility index (Phi) is 36.1. The third-order valence-corrected chi connectivity index (χ3v) is 14.5. The van der Waals surface area contributed by atoms with Gasteiger partial charge < -0.3 is 89.9 Å². The molecule has 3 saturated heterocycles. The van der Waals surface area contributed by atoms with Crippen molar-refractivity contribution in [3.63, 3.8) is 0 Å². The van der Waals surface area contributed by atoms with Crippen molar-refractivity contribution in [2.75, 3.05) is 26.4 Å². The van der Waals surface area contributed by atoms with Gasteiger partial charge in [-0.25, -0.2) is 0 Å². The number of carbonyl (C=O) groups is 1. The summed E-state index contributed by atoms with van der Waals surface area (Å²) in [5.41, 5.74) is 0. The van der Waals surface area contributed by atoms with Crippen molar-refractivity contribution in [3.05, 3.63) is 36.5 Å². The van der Waals surface area contributed by atoms with Crippen LogP contribution in [-0.2, 0) is 33.2 Å². The highest BCUT2D eigenvalue weighted by Gasteiger charge is 2.53. The minimum absolute atomic E-state index is 0.246. The Morgan fingerprint density at radius 2 is 0.920 bits per heavy atom. The van der Waals surface area contributed by atoms with Crippen LogP contribution in [0, 0.1) is 0 Å². The van der Waals surface area contributed by atoms with Crippen LogP contribution in [0.4, 0.5) is 0 Å². The molecule has 0 bridgehead atoms. The first-order valence-corrected chi connectivity index (χ1v) is 28.7. The fourth-order valence-electron chi connectivity index (χ4n) is 9.74. The molecular weight excluding hydrogens is 975 g/mol. The normalized spacial score (nSPS) is 31.5. The number of aliphatic hydroxyl groups is 11. The number of amides is 1. The molecule has 19 nitrogen and oxygen atoms in total. The maximum Gasteiger partial charge on any atom is 0.220 e. The number of ether oxygens (including phenoxy) is 6. The van der Waals surface area contributed by atoms with Crippen LogP contribution < -0.4 is 5.32 Å². The Morgan fingerprint density at radius 3 is 1.44 bits per heavy atom. The van der Waals surface area contributed by atoms with Crippen LogP contribution in [0.25, 0.3) is 0 Å². The molecule has 3 heterocycles. The van der Waals surface area contributed by atoms with E-state index in [0.717, 1.165) is 77.0 Å². The van der Waals surface area contributed by atoms with Crippen molar-refractivity contribution in [2.45, 2.75) is 285 Å². The van der Waals surface area contributed by atoms with E-state index in [2.05, 4.69) is 55.6 Å². The monoisotopic (exact) mass is 1080 g/mol. The first-order chi connectivity index (χ1) is 36.3. The molecule has 0 aromatic rings. The lowest BCUT2D eigenvalue weighted by molar-refractivity contribution is -0.379. The predicted molar refractivity (Wildman–Crippen MR) is 282 cm³/mol. The van der Waals surface area contributed by atoms with Gasteiger partial charge in [-0.1, -0.05) is 166 Å². The highest BCUT2D eigenvalue weighted by molar-refractivity contribution is 5.76. The van der Waals surface area contributed by atoms with Gasteiger partial charge in [0.05, 0.1) is 38.6 Å². The van der Waals surface area contributed by atoms with E-state index in [-0.39, 0.29) is 18.9 Å². The van der Waals surface area contributed by atoms with Gasteiger partial charge in [0.1, 0.15) is 73.2 Å². The summed E-state index contributed by atoms with van der Waals surface area (Å²) in [6.07, 6.45) is 13.7. The van der Waals surface area contributed by atoms with Gasteiger partial charge in [-0.2, -0.15) is 0 Å². The van der Waals surface area contributed by atoms with Crippen molar-refractivity contribution in [1.82, 2.24) is 5.32 Å². The summed E-state index contributed by atoms with van der Waals surface area (Å²) in [6, 6.07) is -0.895. The fraction of sp³-hybridized carbons (Fsp3) is 0.875. The Morgan fingerprint density at radius 1 is 0.493 bits per heavy atom. The molecule has 75 heavy (non-hydrogen) atoms. The minimum atomic E-state index is -1.97. The quantitative estimate of drug-likeness (QED) is 0.0302. The summed E-state index contributed by atoms with van der Waals surface area (Å²) in [7, 11) is 0. The SMILES string of the molecule is CC/C=C\C/C=C\C/C=C\CCCCCCCC(=O)NC(COC1OC(CO)C(OC2OC(CO)C(OC3OC(CO)C(O)C(O)C3O)C(O)C2O)C(O)C1O)C(O)CCCCCCCCCCCCCCCCC. The number of rotatable bonds is 41. The van der Waals surface area contributed by atoms with E-state index in [1.165, 1.54) is 70.6 Å². The average molecular weight is 1080 g/mol. The Bertz CT molecular complexity index is 1520. The zero-order valence-corrected chi connectivity index (χ0v) is 45.3. The number of aliphatic hydroxyl groups excluding tert-OH is 11. The Hall–Kier alpha value is -1.99. The second kappa shape index (κ2) is 40.2. The van der Waals surface area contributed by atoms with Gasteiger partial charge >= 0.3 is 0 Å². The van der Waals surface area contributed by atoms with Crippen LogP contribution in [-0.4, -0.2) is 193 Å². The molecule has 0 aliphatic carbocycles. The molecule has 3 rings (SSSR count). The van der Waals surface area contributed by atoms with Crippen molar-refractivity contribution in [1.29, 1.82) is 0 Å². The highest BCUT2D eigenvalue weighted by atomic mass is 16.8. The number of nitrogens with one attached hydrogen (secondary N) is 1. The number of carbonyl (C=O) groups excluding carboxylic acids is 1. The molecule has 438 valence electrons. The second-order valence-electron chi connectivity index (χ2n) is 20.7. The maximum atomic E-state index is 13.3. The summed E-state index contributed by atoms with van der Waals surface area (Å²) in [5.74, 6) is -0.262. The van der Waals surface area contributed by atoms with E-state index >= 15 is 0 Å². The second-order valence-corrected chi connectivity index (χ2v) is 20.7. The fourth-order valence-corrected chi connectivity index (χ4v) is 9.74. The lowest BCUT2D eigenvalue weighted by atomic mass is 9.96. The third kappa shape index (κ3) is 24.9. The first kappa shape index (κ1) is 67.3. The molecule has 3 fully saturated rings. The van der Waals surface area contributed by atoms with E-state index < -0.39 is 124 Å². The standard InChI is InChI=1S/C56H101NO18/c1-3-5-7-9-11-13-15-17-19-21-23-25-27-29-31-33-40(61)39(57-44(62)34-32-30-28-26-24-22-20-18-16-14-12-10-8-6-4-2)38-70-54-50(68)47(65)52(42(36-59)72-54)75-56-51(69)48(66)53(43(37-60)73-56)74-55-49(67)46(64)45(63)41(35-58)71-55/h6,8,12,14,18,20,39-43,45-56,58-61,63-69H,3-5,7,9-11,13,15-17,19,21-38H2,1-2H3,(H,57,62)/b8-6-,14-12-,20-18-. The summed E-state index contributed by atoms with van der Waals surface area (Å²) >= 11 is 0. The van der Waals surface area contributed by atoms with Gasteiger partial charge in [0.25, 0.3) is 0 Å². The van der Waals surface area contributed by atoms with Crippen LogP contribution in [0.3, 0.4) is 0 Å². The van der Waals surface area contributed by atoms with Crippen LogP contribution in [0.2, 0.25) is 0 Å². The summed E-state index contributed by atoms with van der Waals surface area (Å²) in [4.78, 5) is 13.3. The zero-order chi connectivity index (χ0) is 54.8. The molecule has 19 heteroatoms. The third-order valence-electron chi connectivity index (χ3n) is 14.5. The molecule has 0 spiro atoms. The molecular formula is C56H101NO18. The molecule has 1 amide bonds. The van der Waals surface area contributed by atoms with E-state index in [1.807, 2.05) is 0 Å². The smallest absolute Gasteiger partial charge is 0.220 e. The molecule has 17 unspecified atom stereocenters. The van der Waals surface area contributed by atoms with Gasteiger partial charge in [-0.15, -0.1) is 0 Å². The van der Waals surface area contributed by atoms with Crippen LogP contribution in [0.1, 0.15) is 181 Å². The predicted octanol–water partition coefficient (Wildman–Crippen LogP) is 4.15. The first-order valence-electron chi connectivity index (χ1n) is 28.7. The van der Waals surface area contributed by atoms with Crippen molar-refractivity contribution in [3.8, 4) is 0 Å². The molecule has 17 atom stereocenters. The number of unbranched alkanes of at least 4 members (excludes halogenated alkanes) is 19. The minimum Gasteiger partial charge on any atom is -0.394 e. The zero-order valence-electron chi connectivity index (χ0n) is 45.3. The van der Waals surface area contributed by atoms with Crippen LogP contribution >= 0.6 is 0 Å².